The zero-order chi connectivity index (χ0) is 20.4. The summed E-state index contributed by atoms with van der Waals surface area (Å²) >= 11 is 12.4. The van der Waals surface area contributed by atoms with Crippen LogP contribution in [0.15, 0.2) is 47.4 Å². The summed E-state index contributed by atoms with van der Waals surface area (Å²) in [5, 5.41) is 10.9. The van der Waals surface area contributed by atoms with E-state index in [0.717, 1.165) is 4.90 Å². The second kappa shape index (κ2) is 8.14. The third kappa shape index (κ3) is 4.24. The van der Waals surface area contributed by atoms with Crippen LogP contribution in [0, 0.1) is 10.1 Å². The molecule has 1 heterocycles. The van der Waals surface area contributed by atoms with E-state index in [2.05, 4.69) is 0 Å². The number of benzene rings is 2. The summed E-state index contributed by atoms with van der Waals surface area (Å²) in [4.78, 5) is 48.2. The second-order valence-corrected chi connectivity index (χ2v) is 7.50. The number of carbonyl (C=O) groups is 3. The molecule has 2 aromatic carbocycles. The summed E-state index contributed by atoms with van der Waals surface area (Å²) in [7, 11) is 0. The Bertz CT molecular complexity index is 1040. The van der Waals surface area contributed by atoms with E-state index >= 15 is 0 Å². The molecule has 3 rings (SSSR count). The Hall–Kier alpha value is -2.68. The van der Waals surface area contributed by atoms with Gasteiger partial charge in [-0.1, -0.05) is 23.2 Å². The number of amides is 2. The molecule has 10 heteroatoms. The highest BCUT2D eigenvalue weighted by atomic mass is 35.5. The van der Waals surface area contributed by atoms with Crippen molar-refractivity contribution in [1.29, 1.82) is 0 Å². The van der Waals surface area contributed by atoms with Gasteiger partial charge in [0.15, 0.2) is 5.78 Å². The number of carbonyl (C=O) groups excluding carboxylic acids is 3. The number of rotatable bonds is 5. The first-order chi connectivity index (χ1) is 13.3. The summed E-state index contributed by atoms with van der Waals surface area (Å²) < 4.78 is 0. The standard InChI is InChI=1S/C18H10Cl2N2O5S/c19-12-3-1-10(2-4-12)15(23)9-21-17(24)16(28-18(21)25)8-11-7-13(22(26)27)5-6-14(11)20/h1-8H,9H2/b16-8-. The molecule has 0 radical (unpaired) electrons. The van der Waals surface area contributed by atoms with Crippen LogP contribution in [0.1, 0.15) is 15.9 Å². The molecule has 1 aliphatic rings. The van der Waals surface area contributed by atoms with Gasteiger partial charge < -0.3 is 0 Å². The van der Waals surface area contributed by atoms with Crippen molar-refractivity contribution in [3.63, 3.8) is 0 Å². The average molecular weight is 437 g/mol. The minimum atomic E-state index is -0.667. The van der Waals surface area contributed by atoms with Crippen LogP contribution < -0.4 is 0 Å². The molecule has 0 bridgehead atoms. The molecule has 1 saturated heterocycles. The van der Waals surface area contributed by atoms with E-state index in [1.807, 2.05) is 0 Å². The van der Waals surface area contributed by atoms with Gasteiger partial charge in [-0.3, -0.25) is 29.4 Å². The van der Waals surface area contributed by atoms with Gasteiger partial charge in [-0.15, -0.1) is 0 Å². The summed E-state index contributed by atoms with van der Waals surface area (Å²) in [6, 6.07) is 9.84. The van der Waals surface area contributed by atoms with Crippen molar-refractivity contribution in [3.8, 4) is 0 Å². The fraction of sp³-hybridized carbons (Fsp3) is 0.0556. The molecule has 1 aliphatic heterocycles. The van der Waals surface area contributed by atoms with Gasteiger partial charge in [-0.2, -0.15) is 0 Å². The van der Waals surface area contributed by atoms with Gasteiger partial charge in [0.1, 0.15) is 0 Å². The Morgan fingerprint density at radius 3 is 2.46 bits per heavy atom. The molecule has 142 valence electrons. The fourth-order valence-corrected chi connectivity index (χ4v) is 3.53. The number of non-ortho nitro benzene ring substituents is 1. The van der Waals surface area contributed by atoms with E-state index in [1.165, 1.54) is 48.5 Å². The van der Waals surface area contributed by atoms with Gasteiger partial charge in [-0.05, 0) is 48.2 Å². The van der Waals surface area contributed by atoms with E-state index in [0.29, 0.717) is 22.3 Å². The first-order valence-electron chi connectivity index (χ1n) is 7.74. The van der Waals surface area contributed by atoms with E-state index < -0.39 is 28.4 Å². The molecule has 2 aromatic rings. The lowest BCUT2D eigenvalue weighted by Gasteiger charge is -2.11. The Balaban J connectivity index is 1.82. The van der Waals surface area contributed by atoms with E-state index in [1.54, 1.807) is 0 Å². The minimum absolute atomic E-state index is 0.0244. The van der Waals surface area contributed by atoms with Gasteiger partial charge in [0, 0.05) is 33.3 Å². The van der Waals surface area contributed by atoms with Crippen LogP contribution in [-0.4, -0.2) is 33.3 Å². The molecule has 0 aromatic heterocycles. The van der Waals surface area contributed by atoms with E-state index in [-0.39, 0.29) is 21.2 Å². The Labute approximate surface area is 173 Å². The molecule has 0 aliphatic carbocycles. The largest absolute Gasteiger partial charge is 0.293 e. The highest BCUT2D eigenvalue weighted by Crippen LogP contribution is 2.34. The molecule has 1 fully saturated rings. The number of imide groups is 1. The number of halogens is 2. The number of nitro benzene ring substituents is 1. The molecule has 0 atom stereocenters. The van der Waals surface area contributed by atoms with Gasteiger partial charge >= 0.3 is 0 Å². The third-order valence-electron chi connectivity index (χ3n) is 3.82. The molecule has 2 amide bonds. The maximum atomic E-state index is 12.5. The van der Waals surface area contributed by atoms with Crippen LogP contribution in [-0.2, 0) is 4.79 Å². The maximum Gasteiger partial charge on any atom is 0.293 e. The number of hydrogen-bond donors (Lipinski definition) is 0. The number of thioether (sulfide) groups is 1. The van der Waals surface area contributed by atoms with E-state index in [4.69, 9.17) is 23.2 Å². The van der Waals surface area contributed by atoms with Crippen LogP contribution >= 0.6 is 35.0 Å². The van der Waals surface area contributed by atoms with Crippen LogP contribution in [0.2, 0.25) is 10.0 Å². The molecule has 7 nitrogen and oxygen atoms in total. The van der Waals surface area contributed by atoms with Crippen molar-refractivity contribution in [2.24, 2.45) is 0 Å². The first-order valence-corrected chi connectivity index (χ1v) is 9.31. The third-order valence-corrected chi connectivity index (χ3v) is 5.32. The second-order valence-electron chi connectivity index (χ2n) is 5.66. The molecule has 0 saturated carbocycles. The van der Waals surface area contributed by atoms with Gasteiger partial charge in [0.25, 0.3) is 16.8 Å². The van der Waals surface area contributed by atoms with Crippen molar-refractivity contribution < 1.29 is 19.3 Å². The molecule has 0 N–H and O–H groups in total. The summed E-state index contributed by atoms with van der Waals surface area (Å²) in [5.74, 6) is -1.09. The monoisotopic (exact) mass is 436 g/mol. The highest BCUT2D eigenvalue weighted by Gasteiger charge is 2.36. The Morgan fingerprint density at radius 2 is 1.82 bits per heavy atom. The lowest BCUT2D eigenvalue weighted by molar-refractivity contribution is -0.384. The Kier molecular flexibility index (Phi) is 5.83. The quantitative estimate of drug-likeness (QED) is 0.288. The van der Waals surface area contributed by atoms with E-state index in [9.17, 15) is 24.5 Å². The first kappa shape index (κ1) is 20.1. The molecule has 0 spiro atoms. The zero-order valence-electron chi connectivity index (χ0n) is 13.9. The molecular weight excluding hydrogens is 427 g/mol. The number of ketones is 1. The summed E-state index contributed by atoms with van der Waals surface area (Å²) in [6.07, 6.45) is 1.30. The van der Waals surface area contributed by atoms with Gasteiger partial charge in [-0.25, -0.2) is 0 Å². The molecule has 0 unspecified atom stereocenters. The predicted molar refractivity (Wildman–Crippen MR) is 107 cm³/mol. The lowest BCUT2D eigenvalue weighted by atomic mass is 10.1. The number of Topliss-reactive ketones (excluding diaryl/α,β-unsaturated/α-hetero) is 1. The van der Waals surface area contributed by atoms with Crippen LogP contribution in [0.4, 0.5) is 10.5 Å². The normalized spacial score (nSPS) is 15.4. The summed E-state index contributed by atoms with van der Waals surface area (Å²) in [6.45, 7) is -0.424. The van der Waals surface area contributed by atoms with Crippen LogP contribution in [0.5, 0.6) is 0 Å². The lowest BCUT2D eigenvalue weighted by Crippen LogP contribution is -2.33. The maximum absolute atomic E-state index is 12.5. The van der Waals surface area contributed by atoms with Crippen LogP contribution in [0.25, 0.3) is 6.08 Å². The van der Waals surface area contributed by atoms with Crippen LogP contribution in [0.3, 0.4) is 0 Å². The van der Waals surface area contributed by atoms with Gasteiger partial charge in [0.2, 0.25) is 0 Å². The van der Waals surface area contributed by atoms with Crippen molar-refractivity contribution in [1.82, 2.24) is 4.90 Å². The summed E-state index contributed by atoms with van der Waals surface area (Å²) in [5.41, 5.74) is 0.340. The topological polar surface area (TPSA) is 97.6 Å². The predicted octanol–water partition coefficient (Wildman–Crippen LogP) is 4.82. The number of nitro groups is 1. The fourth-order valence-electron chi connectivity index (χ4n) is 2.40. The highest BCUT2D eigenvalue weighted by molar-refractivity contribution is 8.18. The zero-order valence-corrected chi connectivity index (χ0v) is 16.3. The number of hydrogen-bond acceptors (Lipinski definition) is 6. The smallest absolute Gasteiger partial charge is 0.292 e. The van der Waals surface area contributed by atoms with Crippen molar-refractivity contribution in [3.05, 3.63) is 78.7 Å². The Morgan fingerprint density at radius 1 is 1.14 bits per heavy atom. The number of nitrogens with zero attached hydrogens (tertiary/aromatic N) is 2. The van der Waals surface area contributed by atoms with Crippen molar-refractivity contribution >= 4 is 63.7 Å². The van der Waals surface area contributed by atoms with Crippen molar-refractivity contribution in [2.45, 2.75) is 0 Å². The molecular formula is C18H10Cl2N2O5S. The SMILES string of the molecule is O=C(CN1C(=O)S/C(=C\c2cc([N+](=O)[O-])ccc2Cl)C1=O)c1ccc(Cl)cc1. The average Bonchev–Trinajstić information content (AvgIpc) is 2.91. The molecule has 28 heavy (non-hydrogen) atoms. The minimum Gasteiger partial charge on any atom is -0.292 e. The van der Waals surface area contributed by atoms with Crippen molar-refractivity contribution in [2.75, 3.05) is 6.54 Å². The van der Waals surface area contributed by atoms with Gasteiger partial charge in [0.05, 0.1) is 16.4 Å².